The molecule has 0 saturated carbocycles. The van der Waals surface area contributed by atoms with E-state index in [2.05, 4.69) is 0 Å². The summed E-state index contributed by atoms with van der Waals surface area (Å²) in [5, 5.41) is 8.25. The molecule has 17 heavy (non-hydrogen) atoms. The van der Waals surface area contributed by atoms with Gasteiger partial charge in [0.25, 0.3) is 0 Å². The Kier molecular flexibility index (Phi) is 5.35. The van der Waals surface area contributed by atoms with E-state index < -0.39 is 22.0 Å². The molecule has 1 rings (SSSR count). The van der Waals surface area contributed by atoms with Crippen molar-refractivity contribution >= 4 is 16.8 Å². The number of carbonyl (C=O) groups is 1. The Bertz CT molecular complexity index is 387. The van der Waals surface area contributed by atoms with E-state index in [0.717, 1.165) is 5.56 Å². The van der Waals surface area contributed by atoms with Gasteiger partial charge in [0.2, 0.25) is 0 Å². The second kappa shape index (κ2) is 6.55. The van der Waals surface area contributed by atoms with Crippen molar-refractivity contribution in [2.75, 3.05) is 5.75 Å². The van der Waals surface area contributed by atoms with Gasteiger partial charge in [0.05, 0.1) is 0 Å². The van der Waals surface area contributed by atoms with Crippen molar-refractivity contribution in [3.63, 3.8) is 0 Å². The topological polar surface area (TPSA) is 54.4 Å². The van der Waals surface area contributed by atoms with E-state index in [4.69, 9.17) is 5.11 Å². The Morgan fingerprint density at radius 1 is 1.29 bits per heavy atom. The molecule has 2 unspecified atom stereocenters. The zero-order chi connectivity index (χ0) is 12.8. The number of hydrogen-bond donors (Lipinski definition) is 1. The molecule has 4 heteroatoms. The summed E-state index contributed by atoms with van der Waals surface area (Å²) in [7, 11) is -1.32. The van der Waals surface area contributed by atoms with Gasteiger partial charge in [-0.25, -0.2) is 0 Å². The Balaban J connectivity index is 2.57. The summed E-state index contributed by atoms with van der Waals surface area (Å²) in [6.45, 7) is 3.58. The van der Waals surface area contributed by atoms with Crippen molar-refractivity contribution in [2.45, 2.75) is 25.5 Å². The lowest BCUT2D eigenvalue weighted by molar-refractivity contribution is -0.137. The fourth-order valence-electron chi connectivity index (χ4n) is 1.69. The number of benzene rings is 1. The van der Waals surface area contributed by atoms with Crippen molar-refractivity contribution in [1.29, 1.82) is 0 Å². The van der Waals surface area contributed by atoms with Gasteiger partial charge in [-0.05, 0) is 17.9 Å². The van der Waals surface area contributed by atoms with Crippen LogP contribution in [-0.2, 0) is 22.0 Å². The number of rotatable bonds is 6. The highest BCUT2D eigenvalue weighted by atomic mass is 32.2. The average molecular weight is 254 g/mol. The number of carboxylic acids is 1. The van der Waals surface area contributed by atoms with E-state index in [1.807, 2.05) is 30.3 Å². The molecule has 1 aromatic carbocycles. The van der Waals surface area contributed by atoms with Crippen LogP contribution in [0.25, 0.3) is 0 Å². The average Bonchev–Trinajstić information content (AvgIpc) is 2.27. The van der Waals surface area contributed by atoms with Gasteiger partial charge in [-0.2, -0.15) is 0 Å². The van der Waals surface area contributed by atoms with Crippen LogP contribution in [0.1, 0.15) is 19.4 Å². The largest absolute Gasteiger partial charge is 0.480 e. The van der Waals surface area contributed by atoms with Crippen LogP contribution < -0.4 is 0 Å². The van der Waals surface area contributed by atoms with Crippen molar-refractivity contribution in [3.05, 3.63) is 35.9 Å². The molecule has 0 radical (unpaired) electrons. The molecular weight excluding hydrogens is 236 g/mol. The van der Waals surface area contributed by atoms with Gasteiger partial charge in [-0.1, -0.05) is 44.2 Å². The third-order valence-corrected chi connectivity index (χ3v) is 4.49. The van der Waals surface area contributed by atoms with Crippen LogP contribution in [0.3, 0.4) is 0 Å². The SMILES string of the molecule is CC(C)C(C(=O)O)S(=O)CCc1ccccc1. The summed E-state index contributed by atoms with van der Waals surface area (Å²) >= 11 is 0. The molecule has 0 aromatic heterocycles. The first-order valence-corrected chi connectivity index (χ1v) is 7.04. The molecule has 94 valence electrons. The predicted molar refractivity (Wildman–Crippen MR) is 69.4 cm³/mol. The third kappa shape index (κ3) is 4.30. The normalized spacial score (nSPS) is 14.5. The van der Waals surface area contributed by atoms with Gasteiger partial charge in [0.1, 0.15) is 5.25 Å². The zero-order valence-corrected chi connectivity index (χ0v) is 10.9. The first-order valence-electron chi connectivity index (χ1n) is 5.66. The smallest absolute Gasteiger partial charge is 0.319 e. The number of aryl methyl sites for hydroxylation is 1. The molecule has 2 atom stereocenters. The summed E-state index contributed by atoms with van der Waals surface area (Å²) in [5.74, 6) is -0.672. The van der Waals surface area contributed by atoms with Gasteiger partial charge < -0.3 is 5.11 Å². The molecule has 1 aromatic rings. The fraction of sp³-hybridized carbons (Fsp3) is 0.462. The standard InChI is InChI=1S/C13H18O3S/c1-10(2)12(13(14)15)17(16)9-8-11-6-4-3-5-7-11/h3-7,10,12H,8-9H2,1-2H3,(H,14,15). The molecule has 0 amide bonds. The minimum absolute atomic E-state index is 0.107. The number of carboxylic acid groups (broad SMARTS) is 1. The summed E-state index contributed by atoms with van der Waals surface area (Å²) in [6, 6.07) is 9.70. The molecule has 0 aliphatic heterocycles. The van der Waals surface area contributed by atoms with Crippen LogP contribution in [-0.4, -0.2) is 26.3 Å². The maximum absolute atomic E-state index is 11.9. The van der Waals surface area contributed by atoms with Crippen molar-refractivity contribution in [1.82, 2.24) is 0 Å². The van der Waals surface area contributed by atoms with Gasteiger partial charge in [0.15, 0.2) is 0 Å². The first kappa shape index (κ1) is 13.9. The van der Waals surface area contributed by atoms with E-state index >= 15 is 0 Å². The van der Waals surface area contributed by atoms with Crippen LogP contribution in [0.4, 0.5) is 0 Å². The Labute approximate surface area is 104 Å². The monoisotopic (exact) mass is 254 g/mol. The van der Waals surface area contributed by atoms with E-state index in [1.165, 1.54) is 0 Å². The molecule has 0 aliphatic carbocycles. The van der Waals surface area contributed by atoms with Gasteiger partial charge in [-0.15, -0.1) is 0 Å². The zero-order valence-electron chi connectivity index (χ0n) is 10.1. The first-order chi connectivity index (χ1) is 8.02. The van der Waals surface area contributed by atoms with Crippen LogP contribution >= 0.6 is 0 Å². The molecule has 0 bridgehead atoms. The predicted octanol–water partition coefficient (Wildman–Crippen LogP) is 2.09. The summed E-state index contributed by atoms with van der Waals surface area (Å²) < 4.78 is 11.9. The molecule has 0 heterocycles. The Morgan fingerprint density at radius 2 is 1.88 bits per heavy atom. The highest BCUT2D eigenvalue weighted by Crippen LogP contribution is 2.12. The third-order valence-electron chi connectivity index (χ3n) is 2.57. The van der Waals surface area contributed by atoms with Gasteiger partial charge >= 0.3 is 5.97 Å². The quantitative estimate of drug-likeness (QED) is 0.845. The highest BCUT2D eigenvalue weighted by Gasteiger charge is 2.27. The lowest BCUT2D eigenvalue weighted by Gasteiger charge is -2.15. The van der Waals surface area contributed by atoms with Crippen LogP contribution in [0.5, 0.6) is 0 Å². The summed E-state index contributed by atoms with van der Waals surface area (Å²) in [6.07, 6.45) is 0.657. The van der Waals surface area contributed by atoms with Gasteiger partial charge in [0, 0.05) is 16.6 Å². The fourth-order valence-corrected chi connectivity index (χ4v) is 3.21. The maximum atomic E-state index is 11.9. The van der Waals surface area contributed by atoms with E-state index in [0.29, 0.717) is 12.2 Å². The maximum Gasteiger partial charge on any atom is 0.319 e. The van der Waals surface area contributed by atoms with Crippen LogP contribution in [0.15, 0.2) is 30.3 Å². The van der Waals surface area contributed by atoms with E-state index in [-0.39, 0.29) is 5.92 Å². The summed E-state index contributed by atoms with van der Waals surface area (Å²) in [5.41, 5.74) is 1.09. The van der Waals surface area contributed by atoms with E-state index in [9.17, 15) is 9.00 Å². The molecule has 3 nitrogen and oxygen atoms in total. The lowest BCUT2D eigenvalue weighted by Crippen LogP contribution is -2.32. The van der Waals surface area contributed by atoms with Gasteiger partial charge in [-0.3, -0.25) is 9.00 Å². The van der Waals surface area contributed by atoms with Crippen molar-refractivity contribution in [3.8, 4) is 0 Å². The van der Waals surface area contributed by atoms with Crippen molar-refractivity contribution < 1.29 is 14.1 Å². The number of hydrogen-bond acceptors (Lipinski definition) is 2. The summed E-state index contributed by atoms with van der Waals surface area (Å²) in [4.78, 5) is 11.0. The van der Waals surface area contributed by atoms with Crippen molar-refractivity contribution in [2.24, 2.45) is 5.92 Å². The minimum Gasteiger partial charge on any atom is -0.480 e. The molecule has 0 aliphatic rings. The number of aliphatic carboxylic acids is 1. The minimum atomic E-state index is -1.32. The lowest BCUT2D eigenvalue weighted by atomic mass is 10.1. The molecule has 0 spiro atoms. The Hall–Kier alpha value is -1.16. The molecular formula is C13H18O3S. The van der Waals surface area contributed by atoms with Crippen LogP contribution in [0.2, 0.25) is 0 Å². The molecule has 0 fully saturated rings. The van der Waals surface area contributed by atoms with Crippen LogP contribution in [0, 0.1) is 5.92 Å². The second-order valence-electron chi connectivity index (χ2n) is 4.32. The molecule has 1 N–H and O–H groups in total. The highest BCUT2D eigenvalue weighted by molar-refractivity contribution is 7.86. The second-order valence-corrected chi connectivity index (χ2v) is 6.00. The van der Waals surface area contributed by atoms with E-state index in [1.54, 1.807) is 13.8 Å². The Morgan fingerprint density at radius 3 is 2.35 bits per heavy atom. The molecule has 0 saturated heterocycles.